The average molecular weight is 185 g/mol. The lowest BCUT2D eigenvalue weighted by molar-refractivity contribution is 0.211. The lowest BCUT2D eigenvalue weighted by atomic mass is 10.4. The molecule has 0 radical (unpaired) electrons. The number of carbonyl (C=O) groups excluding carboxylic acids is 1. The normalized spacial score (nSPS) is 17.7. The van der Waals surface area contributed by atoms with E-state index < -0.39 is 0 Å². The lowest BCUT2D eigenvalue weighted by Gasteiger charge is -2.16. The molecule has 1 aliphatic heterocycles. The maximum atomic E-state index is 11.3. The second kappa shape index (κ2) is 4.66. The van der Waals surface area contributed by atoms with Crippen LogP contribution in [-0.2, 0) is 0 Å². The third-order valence-corrected chi connectivity index (χ3v) is 1.84. The summed E-state index contributed by atoms with van der Waals surface area (Å²) in [6.07, 6.45) is 0.936. The van der Waals surface area contributed by atoms with E-state index in [1.54, 1.807) is 4.90 Å². The topological polar surface area (TPSA) is 96.7 Å². The lowest BCUT2D eigenvalue weighted by Crippen LogP contribution is -2.35. The molecule has 1 heterocycles. The molecule has 0 aromatic heterocycles. The van der Waals surface area contributed by atoms with Crippen LogP contribution in [0.4, 0.5) is 4.79 Å². The third kappa shape index (κ3) is 3.29. The summed E-state index contributed by atoms with van der Waals surface area (Å²) >= 11 is 0. The Morgan fingerprint density at radius 2 is 2.08 bits per heavy atom. The summed E-state index contributed by atoms with van der Waals surface area (Å²) in [5.41, 5.74) is 10.2. The molecule has 74 valence electrons. The Balaban J connectivity index is 2.49. The van der Waals surface area contributed by atoms with Crippen molar-refractivity contribution in [3.05, 3.63) is 0 Å². The van der Waals surface area contributed by atoms with Crippen molar-refractivity contribution in [2.45, 2.75) is 6.42 Å². The number of nitrogens with two attached hydrogens (primary N) is 2. The van der Waals surface area contributed by atoms with Gasteiger partial charge in [-0.2, -0.15) is 4.99 Å². The number of rotatable bonds is 0. The number of aliphatic imine (C=N–C) groups is 1. The molecule has 0 bridgehead atoms. The van der Waals surface area contributed by atoms with Gasteiger partial charge in [-0.05, 0) is 13.0 Å². The first-order chi connectivity index (χ1) is 6.20. The van der Waals surface area contributed by atoms with Gasteiger partial charge in [0.25, 0.3) is 0 Å². The van der Waals surface area contributed by atoms with E-state index in [-0.39, 0.29) is 12.0 Å². The summed E-state index contributed by atoms with van der Waals surface area (Å²) in [4.78, 5) is 16.4. The molecule has 0 aromatic carbocycles. The first-order valence-corrected chi connectivity index (χ1v) is 4.29. The molecule has 6 heteroatoms. The van der Waals surface area contributed by atoms with Crippen LogP contribution in [0.15, 0.2) is 4.99 Å². The van der Waals surface area contributed by atoms with Gasteiger partial charge in [-0.1, -0.05) is 0 Å². The fourth-order valence-electron chi connectivity index (χ4n) is 1.22. The molecule has 6 nitrogen and oxygen atoms in total. The Morgan fingerprint density at radius 1 is 1.31 bits per heavy atom. The fourth-order valence-corrected chi connectivity index (χ4v) is 1.22. The Labute approximate surface area is 77.0 Å². The van der Waals surface area contributed by atoms with Gasteiger partial charge in [0.15, 0.2) is 5.96 Å². The highest BCUT2D eigenvalue weighted by molar-refractivity contribution is 5.90. The van der Waals surface area contributed by atoms with E-state index >= 15 is 0 Å². The summed E-state index contributed by atoms with van der Waals surface area (Å²) in [5, 5.41) is 3.18. The van der Waals surface area contributed by atoms with Crippen LogP contribution in [0.2, 0.25) is 0 Å². The Bertz CT molecular complexity index is 203. The molecule has 13 heavy (non-hydrogen) atoms. The predicted octanol–water partition coefficient (Wildman–Crippen LogP) is -1.32. The van der Waals surface area contributed by atoms with Crippen molar-refractivity contribution < 1.29 is 4.79 Å². The second-order valence-corrected chi connectivity index (χ2v) is 2.91. The molecule has 1 fully saturated rings. The van der Waals surface area contributed by atoms with Crippen LogP contribution < -0.4 is 16.8 Å². The monoisotopic (exact) mass is 185 g/mol. The summed E-state index contributed by atoms with van der Waals surface area (Å²) in [7, 11) is 0. The molecule has 0 saturated carbocycles. The highest BCUT2D eigenvalue weighted by Gasteiger charge is 2.13. The Hall–Kier alpha value is -1.30. The molecule has 1 rings (SSSR count). The van der Waals surface area contributed by atoms with E-state index in [9.17, 15) is 4.79 Å². The van der Waals surface area contributed by atoms with Crippen molar-refractivity contribution in [2.24, 2.45) is 16.5 Å². The Kier molecular flexibility index (Phi) is 3.51. The molecule has 0 spiro atoms. The van der Waals surface area contributed by atoms with Gasteiger partial charge in [0.2, 0.25) is 0 Å². The van der Waals surface area contributed by atoms with Gasteiger partial charge in [-0.25, -0.2) is 4.79 Å². The van der Waals surface area contributed by atoms with Crippen LogP contribution >= 0.6 is 0 Å². The van der Waals surface area contributed by atoms with Crippen LogP contribution in [0.1, 0.15) is 6.42 Å². The number of hydrogen-bond acceptors (Lipinski definition) is 2. The molecule has 0 unspecified atom stereocenters. The van der Waals surface area contributed by atoms with E-state index in [2.05, 4.69) is 10.3 Å². The number of nitrogens with one attached hydrogen (secondary N) is 1. The van der Waals surface area contributed by atoms with E-state index in [0.717, 1.165) is 19.5 Å². The number of hydrogen-bond donors (Lipinski definition) is 3. The third-order valence-electron chi connectivity index (χ3n) is 1.84. The molecule has 0 atom stereocenters. The summed E-state index contributed by atoms with van der Waals surface area (Å²) in [6.45, 7) is 3.11. The minimum absolute atomic E-state index is 0.179. The van der Waals surface area contributed by atoms with Gasteiger partial charge >= 0.3 is 6.03 Å². The fraction of sp³-hybridized carbons (Fsp3) is 0.714. The molecule has 5 N–H and O–H groups in total. The first-order valence-electron chi connectivity index (χ1n) is 4.29. The van der Waals surface area contributed by atoms with Crippen LogP contribution in [-0.4, -0.2) is 43.1 Å². The second-order valence-electron chi connectivity index (χ2n) is 2.91. The number of urea groups is 1. The van der Waals surface area contributed by atoms with Crippen molar-refractivity contribution in [2.75, 3.05) is 26.2 Å². The van der Waals surface area contributed by atoms with Gasteiger partial charge in [-0.15, -0.1) is 0 Å². The van der Waals surface area contributed by atoms with Crippen molar-refractivity contribution in [3.63, 3.8) is 0 Å². The minimum atomic E-state index is -0.344. The summed E-state index contributed by atoms with van der Waals surface area (Å²) < 4.78 is 0. The van der Waals surface area contributed by atoms with E-state index in [1.165, 1.54) is 0 Å². The molecule has 1 aliphatic rings. The van der Waals surface area contributed by atoms with Crippen molar-refractivity contribution in [1.29, 1.82) is 0 Å². The predicted molar refractivity (Wildman–Crippen MR) is 50.3 cm³/mol. The first kappa shape index (κ1) is 9.79. The number of amides is 2. The zero-order valence-electron chi connectivity index (χ0n) is 7.49. The van der Waals surface area contributed by atoms with Crippen LogP contribution in [0, 0.1) is 0 Å². The standard InChI is InChI=1S/C7H15N5O/c8-6(9)11-7(13)12-4-1-2-10-3-5-12/h10H,1-5H2,(H4,8,9,11,13). The quantitative estimate of drug-likeness (QED) is 0.322. The maximum Gasteiger partial charge on any atom is 0.346 e. The summed E-state index contributed by atoms with van der Waals surface area (Å²) in [6, 6.07) is -0.344. The highest BCUT2D eigenvalue weighted by Crippen LogP contribution is 1.97. The van der Waals surface area contributed by atoms with Crippen molar-refractivity contribution >= 4 is 12.0 Å². The number of guanidine groups is 1. The Morgan fingerprint density at radius 3 is 2.77 bits per heavy atom. The molecule has 1 saturated heterocycles. The van der Waals surface area contributed by atoms with Crippen LogP contribution in [0.3, 0.4) is 0 Å². The highest BCUT2D eigenvalue weighted by atomic mass is 16.2. The number of nitrogens with zero attached hydrogens (tertiary/aromatic N) is 2. The van der Waals surface area contributed by atoms with Gasteiger partial charge in [0.05, 0.1) is 0 Å². The molecule has 0 aliphatic carbocycles. The van der Waals surface area contributed by atoms with Gasteiger partial charge in [0, 0.05) is 19.6 Å². The summed E-state index contributed by atoms with van der Waals surface area (Å²) in [5.74, 6) is -0.179. The van der Waals surface area contributed by atoms with E-state index in [1.807, 2.05) is 0 Å². The molecule has 0 aromatic rings. The van der Waals surface area contributed by atoms with E-state index in [4.69, 9.17) is 11.5 Å². The van der Waals surface area contributed by atoms with Crippen molar-refractivity contribution in [3.8, 4) is 0 Å². The molecular weight excluding hydrogens is 170 g/mol. The smallest absolute Gasteiger partial charge is 0.346 e. The largest absolute Gasteiger partial charge is 0.370 e. The van der Waals surface area contributed by atoms with Crippen LogP contribution in [0.25, 0.3) is 0 Å². The zero-order valence-corrected chi connectivity index (χ0v) is 7.49. The van der Waals surface area contributed by atoms with E-state index in [0.29, 0.717) is 13.1 Å². The molecule has 2 amide bonds. The average Bonchev–Trinajstić information content (AvgIpc) is 2.29. The SMILES string of the molecule is NC(N)=NC(=O)N1CCCNCC1. The number of carbonyl (C=O) groups is 1. The zero-order chi connectivity index (χ0) is 9.68. The van der Waals surface area contributed by atoms with Gasteiger partial charge < -0.3 is 21.7 Å². The van der Waals surface area contributed by atoms with Crippen LogP contribution in [0.5, 0.6) is 0 Å². The van der Waals surface area contributed by atoms with Crippen molar-refractivity contribution in [1.82, 2.24) is 10.2 Å². The maximum absolute atomic E-state index is 11.3. The van der Waals surface area contributed by atoms with Gasteiger partial charge in [0.1, 0.15) is 0 Å². The minimum Gasteiger partial charge on any atom is -0.370 e. The molecular formula is C7H15N5O. The van der Waals surface area contributed by atoms with Gasteiger partial charge in [-0.3, -0.25) is 0 Å².